The molecular formula is C14H26O4. The molecular weight excluding hydrogens is 232 g/mol. The highest BCUT2D eigenvalue weighted by atomic mass is 16.5. The highest BCUT2D eigenvalue weighted by molar-refractivity contribution is 5.99. The molecule has 1 atom stereocenters. The van der Waals surface area contributed by atoms with Crippen molar-refractivity contribution in [1.29, 1.82) is 0 Å². The zero-order chi connectivity index (χ0) is 14.2. The molecule has 0 fully saturated rings. The van der Waals surface area contributed by atoms with E-state index >= 15 is 0 Å². The molecule has 0 amide bonds. The van der Waals surface area contributed by atoms with E-state index in [1.807, 2.05) is 13.8 Å². The van der Waals surface area contributed by atoms with Crippen LogP contribution in [0.1, 0.15) is 59.8 Å². The number of hydrogen-bond acceptors (Lipinski definition) is 3. The van der Waals surface area contributed by atoms with Crippen molar-refractivity contribution in [2.24, 2.45) is 11.3 Å². The van der Waals surface area contributed by atoms with Gasteiger partial charge in [-0.05, 0) is 25.7 Å². The fraction of sp³-hybridized carbons (Fsp3) is 0.857. The van der Waals surface area contributed by atoms with Crippen LogP contribution in [0.4, 0.5) is 0 Å². The van der Waals surface area contributed by atoms with E-state index < -0.39 is 17.4 Å². The summed E-state index contributed by atoms with van der Waals surface area (Å²) in [5.41, 5.74) is -1.36. The lowest BCUT2D eigenvalue weighted by Gasteiger charge is -2.28. The molecule has 1 N–H and O–H groups in total. The van der Waals surface area contributed by atoms with E-state index in [1.54, 1.807) is 6.92 Å². The number of carbonyl (C=O) groups is 2. The summed E-state index contributed by atoms with van der Waals surface area (Å²) >= 11 is 0. The molecule has 0 aromatic carbocycles. The summed E-state index contributed by atoms with van der Waals surface area (Å²) < 4.78 is 4.98. The van der Waals surface area contributed by atoms with Gasteiger partial charge in [0.15, 0.2) is 5.41 Å². The SMILES string of the molecule is CCCCCC(CC(C)C)(C(=O)O)C(=O)OCC. The van der Waals surface area contributed by atoms with E-state index in [1.165, 1.54) is 0 Å². The molecule has 0 heterocycles. The summed E-state index contributed by atoms with van der Waals surface area (Å²) in [4.78, 5) is 23.6. The van der Waals surface area contributed by atoms with Crippen LogP contribution in [-0.4, -0.2) is 23.7 Å². The summed E-state index contributed by atoms with van der Waals surface area (Å²) in [6, 6.07) is 0. The maximum absolute atomic E-state index is 12.0. The van der Waals surface area contributed by atoms with E-state index in [0.29, 0.717) is 12.8 Å². The summed E-state index contributed by atoms with van der Waals surface area (Å²) in [6.45, 7) is 7.83. The molecule has 0 saturated heterocycles. The molecule has 0 aromatic heterocycles. The van der Waals surface area contributed by atoms with Gasteiger partial charge in [-0.15, -0.1) is 0 Å². The number of esters is 1. The first kappa shape index (κ1) is 16.9. The lowest BCUT2D eigenvalue weighted by Crippen LogP contribution is -2.42. The lowest BCUT2D eigenvalue weighted by atomic mass is 9.76. The summed E-state index contributed by atoms with van der Waals surface area (Å²) in [5, 5.41) is 9.47. The van der Waals surface area contributed by atoms with Crippen LogP contribution in [0.3, 0.4) is 0 Å². The molecule has 0 aromatic rings. The molecule has 0 aliphatic rings. The third kappa shape index (κ3) is 4.67. The fourth-order valence-electron chi connectivity index (χ4n) is 2.21. The minimum atomic E-state index is -1.36. The van der Waals surface area contributed by atoms with E-state index in [2.05, 4.69) is 6.92 Å². The van der Waals surface area contributed by atoms with Gasteiger partial charge in [0.1, 0.15) is 0 Å². The van der Waals surface area contributed by atoms with Crippen LogP contribution in [0.15, 0.2) is 0 Å². The molecule has 0 bridgehead atoms. The van der Waals surface area contributed by atoms with Crippen molar-refractivity contribution in [2.45, 2.75) is 59.8 Å². The number of carboxylic acids is 1. The number of carboxylic acid groups (broad SMARTS) is 1. The van der Waals surface area contributed by atoms with Crippen molar-refractivity contribution in [3.05, 3.63) is 0 Å². The second kappa shape index (κ2) is 8.11. The Morgan fingerprint density at radius 2 is 1.83 bits per heavy atom. The molecule has 4 heteroatoms. The maximum atomic E-state index is 12.0. The number of unbranched alkanes of at least 4 members (excludes halogenated alkanes) is 2. The zero-order valence-electron chi connectivity index (χ0n) is 12.0. The highest BCUT2D eigenvalue weighted by Gasteiger charge is 2.47. The average Bonchev–Trinajstić information content (AvgIpc) is 2.27. The van der Waals surface area contributed by atoms with Crippen LogP contribution < -0.4 is 0 Å². The molecule has 0 spiro atoms. The van der Waals surface area contributed by atoms with Crippen LogP contribution in [0.25, 0.3) is 0 Å². The smallest absolute Gasteiger partial charge is 0.323 e. The largest absolute Gasteiger partial charge is 0.480 e. The number of rotatable bonds is 9. The van der Waals surface area contributed by atoms with E-state index in [9.17, 15) is 14.7 Å². The van der Waals surface area contributed by atoms with Gasteiger partial charge in [0.05, 0.1) is 6.61 Å². The quantitative estimate of drug-likeness (QED) is 0.392. The van der Waals surface area contributed by atoms with Crippen molar-refractivity contribution in [1.82, 2.24) is 0 Å². The molecule has 4 nitrogen and oxygen atoms in total. The second-order valence-electron chi connectivity index (χ2n) is 5.16. The molecule has 0 aliphatic heterocycles. The number of ether oxygens (including phenoxy) is 1. The van der Waals surface area contributed by atoms with Crippen LogP contribution in [0.5, 0.6) is 0 Å². The number of hydrogen-bond donors (Lipinski definition) is 1. The molecule has 0 aliphatic carbocycles. The van der Waals surface area contributed by atoms with Gasteiger partial charge in [0.25, 0.3) is 0 Å². The van der Waals surface area contributed by atoms with Crippen LogP contribution in [0.2, 0.25) is 0 Å². The van der Waals surface area contributed by atoms with Gasteiger partial charge in [-0.25, -0.2) is 0 Å². The van der Waals surface area contributed by atoms with E-state index in [-0.39, 0.29) is 12.5 Å². The normalized spacial score (nSPS) is 14.3. The van der Waals surface area contributed by atoms with Crippen LogP contribution >= 0.6 is 0 Å². The first-order valence-corrected chi connectivity index (χ1v) is 6.81. The molecule has 0 saturated carbocycles. The molecule has 106 valence electrons. The molecule has 1 unspecified atom stereocenters. The van der Waals surface area contributed by atoms with Crippen molar-refractivity contribution in [3.8, 4) is 0 Å². The minimum Gasteiger partial charge on any atom is -0.480 e. The van der Waals surface area contributed by atoms with Crippen LogP contribution in [-0.2, 0) is 14.3 Å². The van der Waals surface area contributed by atoms with Crippen molar-refractivity contribution in [3.63, 3.8) is 0 Å². The third-order valence-electron chi connectivity index (χ3n) is 3.04. The molecule has 18 heavy (non-hydrogen) atoms. The predicted octanol–water partition coefficient (Wildman–Crippen LogP) is 3.25. The van der Waals surface area contributed by atoms with E-state index in [0.717, 1.165) is 19.3 Å². The average molecular weight is 258 g/mol. The molecule has 0 radical (unpaired) electrons. The van der Waals surface area contributed by atoms with Gasteiger partial charge in [0, 0.05) is 0 Å². The monoisotopic (exact) mass is 258 g/mol. The Morgan fingerprint density at radius 3 is 2.22 bits per heavy atom. The lowest BCUT2D eigenvalue weighted by molar-refractivity contribution is -0.170. The maximum Gasteiger partial charge on any atom is 0.323 e. The van der Waals surface area contributed by atoms with Gasteiger partial charge >= 0.3 is 11.9 Å². The fourth-order valence-corrected chi connectivity index (χ4v) is 2.21. The summed E-state index contributed by atoms with van der Waals surface area (Å²) in [6.07, 6.45) is 3.39. The Balaban J connectivity index is 5.02. The third-order valence-corrected chi connectivity index (χ3v) is 3.04. The minimum absolute atomic E-state index is 0.145. The second-order valence-corrected chi connectivity index (χ2v) is 5.16. The van der Waals surface area contributed by atoms with Crippen LogP contribution in [0, 0.1) is 11.3 Å². The Labute approximate surface area is 110 Å². The van der Waals surface area contributed by atoms with Gasteiger partial charge in [-0.2, -0.15) is 0 Å². The van der Waals surface area contributed by atoms with Gasteiger partial charge in [0.2, 0.25) is 0 Å². The zero-order valence-corrected chi connectivity index (χ0v) is 12.0. The summed E-state index contributed by atoms with van der Waals surface area (Å²) in [5.74, 6) is -1.49. The number of carbonyl (C=O) groups excluding carboxylic acids is 1. The van der Waals surface area contributed by atoms with Gasteiger partial charge in [-0.3, -0.25) is 9.59 Å². The molecule has 0 rings (SSSR count). The van der Waals surface area contributed by atoms with Crippen molar-refractivity contribution >= 4 is 11.9 Å². The van der Waals surface area contributed by atoms with Gasteiger partial charge in [-0.1, -0.05) is 40.0 Å². The van der Waals surface area contributed by atoms with Crippen molar-refractivity contribution < 1.29 is 19.4 Å². The standard InChI is InChI=1S/C14H26O4/c1-5-7-8-9-14(12(15)16,10-11(3)4)13(17)18-6-2/h11H,5-10H2,1-4H3,(H,15,16). The first-order chi connectivity index (χ1) is 8.40. The number of aliphatic carboxylic acids is 1. The van der Waals surface area contributed by atoms with E-state index in [4.69, 9.17) is 4.74 Å². The van der Waals surface area contributed by atoms with Gasteiger partial charge < -0.3 is 9.84 Å². The Morgan fingerprint density at radius 1 is 1.22 bits per heavy atom. The first-order valence-electron chi connectivity index (χ1n) is 6.81. The Bertz CT molecular complexity index is 273. The summed E-state index contributed by atoms with van der Waals surface area (Å²) in [7, 11) is 0. The Kier molecular flexibility index (Phi) is 7.64. The predicted molar refractivity (Wildman–Crippen MR) is 70.3 cm³/mol. The van der Waals surface area contributed by atoms with Crippen molar-refractivity contribution in [2.75, 3.05) is 6.61 Å². The highest BCUT2D eigenvalue weighted by Crippen LogP contribution is 2.34. The Hall–Kier alpha value is -1.06. The topological polar surface area (TPSA) is 63.6 Å².